The van der Waals surface area contributed by atoms with Gasteiger partial charge in [0.2, 0.25) is 5.82 Å². The molecule has 0 aliphatic heterocycles. The fourth-order valence-electron chi connectivity index (χ4n) is 1.91. The van der Waals surface area contributed by atoms with Crippen molar-refractivity contribution < 1.29 is 4.92 Å². The highest BCUT2D eigenvalue weighted by Crippen LogP contribution is 2.28. The van der Waals surface area contributed by atoms with Gasteiger partial charge < -0.3 is 10.6 Å². The lowest BCUT2D eigenvalue weighted by molar-refractivity contribution is -0.384. The van der Waals surface area contributed by atoms with E-state index in [2.05, 4.69) is 15.6 Å². The third-order valence-electron chi connectivity index (χ3n) is 2.96. The van der Waals surface area contributed by atoms with Crippen LogP contribution in [-0.4, -0.2) is 17.0 Å². The third-order valence-corrected chi connectivity index (χ3v) is 2.96. The predicted octanol–water partition coefficient (Wildman–Crippen LogP) is 3.39. The Kier molecular flexibility index (Phi) is 3.84. The molecule has 2 aromatic rings. The highest BCUT2D eigenvalue weighted by atomic mass is 16.6. The van der Waals surface area contributed by atoms with E-state index in [1.807, 2.05) is 32.0 Å². The fourth-order valence-corrected chi connectivity index (χ4v) is 1.91. The Balaban J connectivity index is 2.43. The Hall–Kier alpha value is -2.63. The SMILES string of the molecule is CNc1ccc([N+](=O)[O-])c(Nc2ccc(C)cc2C)n1. The van der Waals surface area contributed by atoms with Crippen molar-refractivity contribution >= 4 is 23.0 Å². The number of hydrogen-bond donors (Lipinski definition) is 2. The molecule has 6 heteroatoms. The molecule has 2 N–H and O–H groups in total. The van der Waals surface area contributed by atoms with Crippen LogP contribution < -0.4 is 10.6 Å². The summed E-state index contributed by atoms with van der Waals surface area (Å²) in [5, 5.41) is 17.0. The number of nitro groups is 1. The minimum atomic E-state index is -0.446. The van der Waals surface area contributed by atoms with Crippen LogP contribution in [0.5, 0.6) is 0 Å². The Morgan fingerprint density at radius 3 is 2.55 bits per heavy atom. The van der Waals surface area contributed by atoms with E-state index < -0.39 is 4.92 Å². The second-order valence-corrected chi connectivity index (χ2v) is 4.51. The number of aryl methyl sites for hydroxylation is 2. The van der Waals surface area contributed by atoms with Gasteiger partial charge >= 0.3 is 5.69 Å². The third kappa shape index (κ3) is 2.85. The number of aromatic nitrogens is 1. The molecule has 0 saturated heterocycles. The van der Waals surface area contributed by atoms with Crippen LogP contribution in [0, 0.1) is 24.0 Å². The van der Waals surface area contributed by atoms with E-state index in [9.17, 15) is 10.1 Å². The minimum Gasteiger partial charge on any atom is -0.373 e. The summed E-state index contributed by atoms with van der Waals surface area (Å²) in [6.45, 7) is 3.95. The summed E-state index contributed by atoms with van der Waals surface area (Å²) in [7, 11) is 1.72. The van der Waals surface area contributed by atoms with E-state index in [1.165, 1.54) is 6.07 Å². The zero-order valence-corrected chi connectivity index (χ0v) is 11.6. The maximum atomic E-state index is 11.1. The lowest BCUT2D eigenvalue weighted by Gasteiger charge is -2.11. The smallest absolute Gasteiger partial charge is 0.311 e. The molecule has 2 rings (SSSR count). The average Bonchev–Trinajstić information content (AvgIpc) is 2.41. The number of nitrogens with zero attached hydrogens (tertiary/aromatic N) is 2. The van der Waals surface area contributed by atoms with Gasteiger partial charge in [0.25, 0.3) is 0 Å². The van der Waals surface area contributed by atoms with E-state index >= 15 is 0 Å². The Morgan fingerprint density at radius 2 is 1.95 bits per heavy atom. The van der Waals surface area contributed by atoms with Crippen molar-refractivity contribution in [2.24, 2.45) is 0 Å². The number of hydrogen-bond acceptors (Lipinski definition) is 5. The van der Waals surface area contributed by atoms with Crippen molar-refractivity contribution in [3.05, 3.63) is 51.6 Å². The zero-order valence-electron chi connectivity index (χ0n) is 11.6. The Morgan fingerprint density at radius 1 is 1.20 bits per heavy atom. The van der Waals surface area contributed by atoms with E-state index in [0.29, 0.717) is 5.82 Å². The zero-order chi connectivity index (χ0) is 14.7. The normalized spacial score (nSPS) is 10.2. The van der Waals surface area contributed by atoms with Crippen molar-refractivity contribution in [2.45, 2.75) is 13.8 Å². The first-order valence-corrected chi connectivity index (χ1v) is 6.18. The maximum absolute atomic E-state index is 11.1. The first-order chi connectivity index (χ1) is 9.51. The van der Waals surface area contributed by atoms with Gasteiger partial charge in [0.15, 0.2) is 0 Å². The lowest BCUT2D eigenvalue weighted by Crippen LogP contribution is -2.03. The summed E-state index contributed by atoms with van der Waals surface area (Å²) >= 11 is 0. The number of anilines is 3. The number of rotatable bonds is 4. The summed E-state index contributed by atoms with van der Waals surface area (Å²) in [6.07, 6.45) is 0. The second-order valence-electron chi connectivity index (χ2n) is 4.51. The summed E-state index contributed by atoms with van der Waals surface area (Å²) in [4.78, 5) is 14.8. The topological polar surface area (TPSA) is 80.1 Å². The van der Waals surface area contributed by atoms with Crippen LogP contribution in [0.3, 0.4) is 0 Å². The molecule has 104 valence electrons. The molecule has 0 radical (unpaired) electrons. The van der Waals surface area contributed by atoms with Gasteiger partial charge in [-0.25, -0.2) is 4.98 Å². The van der Waals surface area contributed by atoms with E-state index in [1.54, 1.807) is 13.1 Å². The molecular formula is C14H16N4O2. The standard InChI is InChI=1S/C14H16N4O2/c1-9-4-5-11(10(2)8-9)16-14-12(18(19)20)6-7-13(15-3)17-14/h4-8H,1-3H3,(H2,15,16,17). The molecule has 0 aliphatic rings. The lowest BCUT2D eigenvalue weighted by atomic mass is 10.1. The van der Waals surface area contributed by atoms with Gasteiger partial charge in [-0.1, -0.05) is 17.7 Å². The van der Waals surface area contributed by atoms with Gasteiger partial charge in [-0.2, -0.15) is 0 Å². The molecule has 0 amide bonds. The molecule has 1 aromatic heterocycles. The second kappa shape index (κ2) is 5.56. The van der Waals surface area contributed by atoms with Gasteiger partial charge in [-0.15, -0.1) is 0 Å². The molecule has 0 atom stereocenters. The quantitative estimate of drug-likeness (QED) is 0.658. The monoisotopic (exact) mass is 272 g/mol. The molecule has 0 saturated carbocycles. The summed E-state index contributed by atoms with van der Waals surface area (Å²) in [6, 6.07) is 8.86. The molecule has 6 nitrogen and oxygen atoms in total. The van der Waals surface area contributed by atoms with Crippen LogP contribution >= 0.6 is 0 Å². The predicted molar refractivity (Wildman–Crippen MR) is 79.6 cm³/mol. The van der Waals surface area contributed by atoms with Gasteiger partial charge in [0, 0.05) is 18.8 Å². The van der Waals surface area contributed by atoms with Gasteiger partial charge in [-0.3, -0.25) is 10.1 Å². The number of benzene rings is 1. The molecule has 0 spiro atoms. The van der Waals surface area contributed by atoms with Crippen molar-refractivity contribution in [2.75, 3.05) is 17.7 Å². The van der Waals surface area contributed by atoms with Crippen molar-refractivity contribution in [1.82, 2.24) is 4.98 Å². The Labute approximate surface area is 117 Å². The van der Waals surface area contributed by atoms with E-state index in [-0.39, 0.29) is 11.5 Å². The molecule has 20 heavy (non-hydrogen) atoms. The summed E-state index contributed by atoms with van der Waals surface area (Å²) < 4.78 is 0. The van der Waals surface area contributed by atoms with Gasteiger partial charge in [-0.05, 0) is 31.5 Å². The molecule has 0 bridgehead atoms. The number of nitrogens with one attached hydrogen (secondary N) is 2. The molecule has 0 unspecified atom stereocenters. The van der Waals surface area contributed by atoms with Gasteiger partial charge in [0.1, 0.15) is 5.82 Å². The largest absolute Gasteiger partial charge is 0.373 e. The van der Waals surface area contributed by atoms with Crippen molar-refractivity contribution in [1.29, 1.82) is 0 Å². The van der Waals surface area contributed by atoms with Gasteiger partial charge in [0.05, 0.1) is 4.92 Å². The summed E-state index contributed by atoms with van der Waals surface area (Å²) in [5.74, 6) is 0.802. The first kappa shape index (κ1) is 13.8. The van der Waals surface area contributed by atoms with E-state index in [0.717, 1.165) is 16.8 Å². The molecule has 1 heterocycles. The molecule has 1 aromatic carbocycles. The Bertz CT molecular complexity index is 656. The van der Waals surface area contributed by atoms with Crippen LogP contribution in [0.2, 0.25) is 0 Å². The van der Waals surface area contributed by atoms with Crippen molar-refractivity contribution in [3.63, 3.8) is 0 Å². The highest BCUT2D eigenvalue weighted by Gasteiger charge is 2.16. The van der Waals surface area contributed by atoms with Crippen LogP contribution in [-0.2, 0) is 0 Å². The molecule has 0 fully saturated rings. The van der Waals surface area contributed by atoms with Crippen molar-refractivity contribution in [3.8, 4) is 0 Å². The van der Waals surface area contributed by atoms with Crippen LogP contribution in [0.15, 0.2) is 30.3 Å². The van der Waals surface area contributed by atoms with Crippen LogP contribution in [0.4, 0.5) is 23.0 Å². The highest BCUT2D eigenvalue weighted by molar-refractivity contribution is 5.69. The fraction of sp³-hybridized carbons (Fsp3) is 0.214. The number of pyridine rings is 1. The molecular weight excluding hydrogens is 256 g/mol. The average molecular weight is 272 g/mol. The van der Waals surface area contributed by atoms with E-state index in [4.69, 9.17) is 0 Å². The van der Waals surface area contributed by atoms with Crippen LogP contribution in [0.25, 0.3) is 0 Å². The minimum absolute atomic E-state index is 0.0519. The molecule has 0 aliphatic carbocycles. The summed E-state index contributed by atoms with van der Waals surface area (Å²) in [5.41, 5.74) is 2.90. The van der Waals surface area contributed by atoms with Crippen LogP contribution in [0.1, 0.15) is 11.1 Å². The first-order valence-electron chi connectivity index (χ1n) is 6.18. The maximum Gasteiger partial charge on any atom is 0.311 e.